The maximum absolute atomic E-state index is 4.47. The molecule has 0 nitrogen and oxygen atoms in total. The molecule has 0 radical (unpaired) electrons. The van der Waals surface area contributed by atoms with Gasteiger partial charge in [0.2, 0.25) is 0 Å². The molecular weight excluding hydrogens is 140 g/mol. The third-order valence-corrected chi connectivity index (χ3v) is 3.16. The zero-order valence-electron chi connectivity index (χ0n) is 7.01. The van der Waals surface area contributed by atoms with Crippen molar-refractivity contribution >= 4 is 12.6 Å². The van der Waals surface area contributed by atoms with E-state index >= 15 is 0 Å². The molecule has 0 spiro atoms. The van der Waals surface area contributed by atoms with Gasteiger partial charge >= 0.3 is 0 Å². The predicted molar refractivity (Wildman–Crippen MR) is 49.6 cm³/mol. The molecule has 1 unspecified atom stereocenters. The van der Waals surface area contributed by atoms with Crippen molar-refractivity contribution in [2.75, 3.05) is 0 Å². The van der Waals surface area contributed by atoms with E-state index in [2.05, 4.69) is 26.5 Å². The lowest BCUT2D eigenvalue weighted by atomic mass is 9.82. The Balaban J connectivity index is 2.26. The van der Waals surface area contributed by atoms with Gasteiger partial charge in [-0.05, 0) is 24.7 Å². The molecule has 0 aliphatic heterocycles. The fourth-order valence-electron chi connectivity index (χ4n) is 1.77. The van der Waals surface area contributed by atoms with Crippen LogP contribution in [0.3, 0.4) is 0 Å². The van der Waals surface area contributed by atoms with Crippen LogP contribution in [0.15, 0.2) is 0 Å². The van der Waals surface area contributed by atoms with Gasteiger partial charge in [-0.15, -0.1) is 0 Å². The number of rotatable bonds is 1. The summed E-state index contributed by atoms with van der Waals surface area (Å²) in [5.74, 6) is 1.88. The molecule has 0 bridgehead atoms. The smallest absolute Gasteiger partial charge is 0.00167 e. The minimum Gasteiger partial charge on any atom is -0.176 e. The summed E-state index contributed by atoms with van der Waals surface area (Å²) < 4.78 is 0. The normalized spacial score (nSPS) is 37.5. The van der Waals surface area contributed by atoms with Gasteiger partial charge in [0.05, 0.1) is 0 Å². The summed E-state index contributed by atoms with van der Waals surface area (Å²) >= 11 is 4.47. The summed E-state index contributed by atoms with van der Waals surface area (Å²) in [5, 5.41) is 0.618. The molecule has 1 atom stereocenters. The first kappa shape index (κ1) is 8.45. The van der Waals surface area contributed by atoms with Gasteiger partial charge in [0.1, 0.15) is 0 Å². The summed E-state index contributed by atoms with van der Waals surface area (Å²) in [7, 11) is 0. The molecule has 1 saturated carbocycles. The van der Waals surface area contributed by atoms with Crippen molar-refractivity contribution in [1.82, 2.24) is 0 Å². The Morgan fingerprint density at radius 1 is 1.20 bits per heavy atom. The van der Waals surface area contributed by atoms with E-state index < -0.39 is 0 Å². The van der Waals surface area contributed by atoms with Gasteiger partial charge in [0, 0.05) is 5.25 Å². The number of hydrogen-bond donors (Lipinski definition) is 1. The molecule has 60 valence electrons. The highest BCUT2D eigenvalue weighted by Gasteiger charge is 2.20. The minimum atomic E-state index is 0.618. The highest BCUT2D eigenvalue weighted by Crippen LogP contribution is 2.31. The maximum Gasteiger partial charge on any atom is 0.00167 e. The fraction of sp³-hybridized carbons (Fsp3) is 1.00. The molecule has 1 aliphatic carbocycles. The summed E-state index contributed by atoms with van der Waals surface area (Å²) in [6.07, 6.45) is 5.67. The lowest BCUT2D eigenvalue weighted by Gasteiger charge is -2.28. The monoisotopic (exact) mass is 158 g/mol. The summed E-state index contributed by atoms with van der Waals surface area (Å²) in [4.78, 5) is 0. The van der Waals surface area contributed by atoms with Crippen molar-refractivity contribution in [3.8, 4) is 0 Å². The van der Waals surface area contributed by atoms with Crippen LogP contribution in [-0.4, -0.2) is 5.25 Å². The van der Waals surface area contributed by atoms with Gasteiger partial charge in [-0.25, -0.2) is 0 Å². The highest BCUT2D eigenvalue weighted by molar-refractivity contribution is 7.80. The van der Waals surface area contributed by atoms with Gasteiger partial charge < -0.3 is 0 Å². The Morgan fingerprint density at radius 3 is 2.10 bits per heavy atom. The van der Waals surface area contributed by atoms with Crippen LogP contribution in [0, 0.1) is 11.8 Å². The molecule has 0 amide bonds. The first-order chi connectivity index (χ1) is 4.70. The van der Waals surface area contributed by atoms with E-state index in [-0.39, 0.29) is 0 Å². The number of hydrogen-bond acceptors (Lipinski definition) is 1. The largest absolute Gasteiger partial charge is 0.176 e. The van der Waals surface area contributed by atoms with Crippen LogP contribution in [0.5, 0.6) is 0 Å². The third kappa shape index (κ3) is 2.19. The van der Waals surface area contributed by atoms with Crippen LogP contribution in [0.1, 0.15) is 39.5 Å². The third-order valence-electron chi connectivity index (χ3n) is 2.74. The minimum absolute atomic E-state index is 0.618. The SMILES string of the molecule is CC1CCC(C(C)S)CC1. The van der Waals surface area contributed by atoms with Gasteiger partial charge in [0.25, 0.3) is 0 Å². The molecule has 1 heteroatoms. The van der Waals surface area contributed by atoms with E-state index in [0.717, 1.165) is 11.8 Å². The number of thiol groups is 1. The average Bonchev–Trinajstić information content (AvgIpc) is 1.88. The molecule has 0 N–H and O–H groups in total. The van der Waals surface area contributed by atoms with Crippen LogP contribution in [0.4, 0.5) is 0 Å². The van der Waals surface area contributed by atoms with Crippen molar-refractivity contribution in [2.45, 2.75) is 44.8 Å². The quantitative estimate of drug-likeness (QED) is 0.557. The standard InChI is InChI=1S/C9H18S/c1-7-3-5-9(6-4-7)8(2)10/h7-10H,3-6H2,1-2H3. The Morgan fingerprint density at radius 2 is 1.70 bits per heavy atom. The van der Waals surface area contributed by atoms with Gasteiger partial charge in [-0.3, -0.25) is 0 Å². The maximum atomic E-state index is 4.47. The summed E-state index contributed by atoms with van der Waals surface area (Å²) in [5.41, 5.74) is 0. The zero-order valence-corrected chi connectivity index (χ0v) is 7.90. The van der Waals surface area contributed by atoms with Crippen molar-refractivity contribution in [3.63, 3.8) is 0 Å². The van der Waals surface area contributed by atoms with Gasteiger partial charge in [0.15, 0.2) is 0 Å². The Labute approximate surface area is 69.8 Å². The van der Waals surface area contributed by atoms with E-state index in [4.69, 9.17) is 0 Å². The van der Waals surface area contributed by atoms with Crippen LogP contribution in [0.2, 0.25) is 0 Å². The van der Waals surface area contributed by atoms with Crippen molar-refractivity contribution in [2.24, 2.45) is 11.8 Å². The van der Waals surface area contributed by atoms with Crippen molar-refractivity contribution < 1.29 is 0 Å². The molecule has 0 aromatic heterocycles. The van der Waals surface area contributed by atoms with Crippen LogP contribution in [0.25, 0.3) is 0 Å². The van der Waals surface area contributed by atoms with Crippen LogP contribution < -0.4 is 0 Å². The second-order valence-electron chi connectivity index (χ2n) is 3.76. The Kier molecular flexibility index (Phi) is 3.09. The van der Waals surface area contributed by atoms with E-state index in [0.29, 0.717) is 5.25 Å². The lowest BCUT2D eigenvalue weighted by molar-refractivity contribution is 0.290. The predicted octanol–water partition coefficient (Wildman–Crippen LogP) is 3.13. The molecule has 0 heterocycles. The Hall–Kier alpha value is 0.350. The lowest BCUT2D eigenvalue weighted by Crippen LogP contribution is -2.18. The van der Waals surface area contributed by atoms with Gasteiger partial charge in [-0.1, -0.05) is 26.7 Å². The van der Waals surface area contributed by atoms with E-state index in [1.807, 2.05) is 0 Å². The molecule has 10 heavy (non-hydrogen) atoms. The summed E-state index contributed by atoms with van der Waals surface area (Å²) in [6.45, 7) is 4.59. The van der Waals surface area contributed by atoms with Crippen LogP contribution in [-0.2, 0) is 0 Å². The summed E-state index contributed by atoms with van der Waals surface area (Å²) in [6, 6.07) is 0. The fourth-order valence-corrected chi connectivity index (χ4v) is 2.07. The molecule has 0 saturated heterocycles. The van der Waals surface area contributed by atoms with Crippen LogP contribution >= 0.6 is 12.6 Å². The van der Waals surface area contributed by atoms with E-state index in [9.17, 15) is 0 Å². The van der Waals surface area contributed by atoms with E-state index in [1.54, 1.807) is 0 Å². The first-order valence-electron chi connectivity index (χ1n) is 4.38. The van der Waals surface area contributed by atoms with Crippen molar-refractivity contribution in [1.29, 1.82) is 0 Å². The van der Waals surface area contributed by atoms with E-state index in [1.165, 1.54) is 25.7 Å². The first-order valence-corrected chi connectivity index (χ1v) is 4.90. The average molecular weight is 158 g/mol. The molecule has 1 aliphatic rings. The second kappa shape index (κ2) is 3.66. The van der Waals surface area contributed by atoms with Crippen molar-refractivity contribution in [3.05, 3.63) is 0 Å². The topological polar surface area (TPSA) is 0 Å². The van der Waals surface area contributed by atoms with Gasteiger partial charge in [-0.2, -0.15) is 12.6 Å². The molecule has 0 aromatic carbocycles. The highest BCUT2D eigenvalue weighted by atomic mass is 32.1. The molecule has 1 fully saturated rings. The zero-order chi connectivity index (χ0) is 7.56. The molecule has 1 rings (SSSR count). The molecular formula is C9H18S. The molecule has 0 aromatic rings. The Bertz CT molecular complexity index is 90.9. The second-order valence-corrected chi connectivity index (χ2v) is 4.58.